The van der Waals surface area contributed by atoms with Gasteiger partial charge in [-0.25, -0.2) is 0 Å². The molecule has 1 rings (SSSR count). The van der Waals surface area contributed by atoms with E-state index in [-0.39, 0.29) is 0 Å². The van der Waals surface area contributed by atoms with Crippen molar-refractivity contribution in [2.45, 2.75) is 26.3 Å². The molecule has 0 aliphatic rings. The molecule has 1 aromatic rings. The number of nitrogen functional groups attached to an aromatic ring is 1. The molecule has 15 heavy (non-hydrogen) atoms. The molecule has 0 saturated carbocycles. The molecule has 0 radical (unpaired) electrons. The molecule has 0 bridgehead atoms. The van der Waals surface area contributed by atoms with Crippen LogP contribution in [-0.2, 0) is 4.74 Å². The minimum Gasteiger partial charge on any atom is -0.397 e. The Kier molecular flexibility index (Phi) is 4.43. The third-order valence-electron chi connectivity index (χ3n) is 2.36. The van der Waals surface area contributed by atoms with E-state index < -0.39 is 0 Å². The van der Waals surface area contributed by atoms with Crippen molar-refractivity contribution in [3.63, 3.8) is 0 Å². The lowest BCUT2D eigenvalue weighted by Gasteiger charge is -2.16. The quantitative estimate of drug-likeness (QED) is 0.730. The first kappa shape index (κ1) is 11.9. The summed E-state index contributed by atoms with van der Waals surface area (Å²) in [7, 11) is 1.72. The van der Waals surface area contributed by atoms with E-state index in [9.17, 15) is 0 Å². The number of hydrogen-bond donors (Lipinski definition) is 2. The van der Waals surface area contributed by atoms with E-state index in [2.05, 4.69) is 18.3 Å². The maximum absolute atomic E-state index is 5.90. The molecule has 0 heterocycles. The van der Waals surface area contributed by atoms with Crippen LogP contribution in [0.25, 0.3) is 0 Å². The average molecular weight is 208 g/mol. The van der Waals surface area contributed by atoms with Crippen LogP contribution in [-0.4, -0.2) is 19.8 Å². The fraction of sp³-hybridized carbons (Fsp3) is 0.500. The highest BCUT2D eigenvalue weighted by Crippen LogP contribution is 2.20. The molecule has 0 spiro atoms. The second kappa shape index (κ2) is 5.61. The summed E-state index contributed by atoms with van der Waals surface area (Å²) in [6.45, 7) is 4.92. The third kappa shape index (κ3) is 3.80. The van der Waals surface area contributed by atoms with Gasteiger partial charge in [-0.1, -0.05) is 6.07 Å². The minimum atomic E-state index is 0.370. The lowest BCUT2D eigenvalue weighted by atomic mass is 10.1. The Morgan fingerprint density at radius 1 is 1.47 bits per heavy atom. The number of anilines is 2. The van der Waals surface area contributed by atoms with Gasteiger partial charge in [-0.2, -0.15) is 0 Å². The van der Waals surface area contributed by atoms with Crippen LogP contribution >= 0.6 is 0 Å². The van der Waals surface area contributed by atoms with Crippen LogP contribution in [0.4, 0.5) is 11.4 Å². The van der Waals surface area contributed by atoms with E-state index in [0.717, 1.165) is 24.4 Å². The van der Waals surface area contributed by atoms with Crippen LogP contribution in [0.1, 0.15) is 18.9 Å². The zero-order chi connectivity index (χ0) is 11.3. The number of aryl methyl sites for hydroxylation is 1. The molecule has 0 aromatic heterocycles. The van der Waals surface area contributed by atoms with Gasteiger partial charge < -0.3 is 15.8 Å². The monoisotopic (exact) mass is 208 g/mol. The Bertz CT molecular complexity index is 312. The van der Waals surface area contributed by atoms with Gasteiger partial charge in [0.25, 0.3) is 0 Å². The van der Waals surface area contributed by atoms with Crippen LogP contribution in [0.15, 0.2) is 18.2 Å². The molecular formula is C12H20N2O. The summed E-state index contributed by atoms with van der Waals surface area (Å²) in [6.07, 6.45) is 0.976. The lowest BCUT2D eigenvalue weighted by Crippen LogP contribution is -2.18. The van der Waals surface area contributed by atoms with Crippen molar-refractivity contribution < 1.29 is 4.74 Å². The summed E-state index contributed by atoms with van der Waals surface area (Å²) in [4.78, 5) is 0. The molecule has 0 fully saturated rings. The molecular weight excluding hydrogens is 188 g/mol. The number of ether oxygens (including phenoxy) is 1. The molecule has 1 unspecified atom stereocenters. The molecule has 3 heteroatoms. The zero-order valence-electron chi connectivity index (χ0n) is 9.71. The number of benzene rings is 1. The summed E-state index contributed by atoms with van der Waals surface area (Å²) in [5.74, 6) is 0. The maximum atomic E-state index is 5.90. The highest BCUT2D eigenvalue weighted by molar-refractivity contribution is 5.67. The van der Waals surface area contributed by atoms with Crippen LogP contribution in [0.5, 0.6) is 0 Å². The van der Waals surface area contributed by atoms with Gasteiger partial charge in [0.2, 0.25) is 0 Å². The van der Waals surface area contributed by atoms with Crippen molar-refractivity contribution in [3.05, 3.63) is 23.8 Å². The second-order valence-electron chi connectivity index (χ2n) is 3.92. The Morgan fingerprint density at radius 3 is 2.80 bits per heavy atom. The largest absolute Gasteiger partial charge is 0.397 e. The van der Waals surface area contributed by atoms with Gasteiger partial charge in [-0.05, 0) is 38.0 Å². The summed E-state index contributed by atoms with van der Waals surface area (Å²) < 4.78 is 5.03. The fourth-order valence-electron chi connectivity index (χ4n) is 1.45. The van der Waals surface area contributed by atoms with Crippen molar-refractivity contribution in [3.8, 4) is 0 Å². The van der Waals surface area contributed by atoms with Gasteiger partial charge in [0.05, 0.1) is 11.4 Å². The van der Waals surface area contributed by atoms with Crippen LogP contribution in [0.2, 0.25) is 0 Å². The minimum absolute atomic E-state index is 0.370. The van der Waals surface area contributed by atoms with Crippen molar-refractivity contribution in [2.75, 3.05) is 24.8 Å². The molecule has 84 valence electrons. The number of nitrogens with two attached hydrogens (primary N) is 1. The molecule has 3 nitrogen and oxygen atoms in total. The highest BCUT2D eigenvalue weighted by atomic mass is 16.5. The zero-order valence-corrected chi connectivity index (χ0v) is 9.71. The van der Waals surface area contributed by atoms with Gasteiger partial charge in [-0.15, -0.1) is 0 Å². The Morgan fingerprint density at radius 2 is 2.20 bits per heavy atom. The Balaban J connectivity index is 2.56. The molecule has 1 atom stereocenters. The smallest absolute Gasteiger partial charge is 0.0576 e. The fourth-order valence-corrected chi connectivity index (χ4v) is 1.45. The topological polar surface area (TPSA) is 47.3 Å². The van der Waals surface area contributed by atoms with Gasteiger partial charge >= 0.3 is 0 Å². The highest BCUT2D eigenvalue weighted by Gasteiger charge is 2.04. The SMILES string of the molecule is COCCC(C)Nc1ccc(C)cc1N. The van der Waals surface area contributed by atoms with Crippen LogP contribution in [0.3, 0.4) is 0 Å². The molecule has 0 saturated heterocycles. The summed E-state index contributed by atoms with van der Waals surface area (Å²) >= 11 is 0. The molecule has 3 N–H and O–H groups in total. The molecule has 1 aromatic carbocycles. The molecule has 0 amide bonds. The summed E-state index contributed by atoms with van der Waals surface area (Å²) in [6, 6.07) is 6.43. The van der Waals surface area contributed by atoms with Crippen LogP contribution < -0.4 is 11.1 Å². The van der Waals surface area contributed by atoms with Crippen molar-refractivity contribution in [1.29, 1.82) is 0 Å². The predicted octanol–water partition coefficient (Wildman–Crippen LogP) is 2.41. The van der Waals surface area contributed by atoms with Crippen molar-refractivity contribution in [1.82, 2.24) is 0 Å². The number of methoxy groups -OCH3 is 1. The first-order chi connectivity index (χ1) is 7.13. The van der Waals surface area contributed by atoms with E-state index in [1.54, 1.807) is 7.11 Å². The number of nitrogens with one attached hydrogen (secondary N) is 1. The first-order valence-electron chi connectivity index (χ1n) is 5.25. The third-order valence-corrected chi connectivity index (χ3v) is 2.36. The standard InChI is InChI=1S/C12H20N2O/c1-9-4-5-12(11(13)8-9)14-10(2)6-7-15-3/h4-5,8,10,14H,6-7,13H2,1-3H3. The molecule has 0 aliphatic heterocycles. The number of rotatable bonds is 5. The van der Waals surface area contributed by atoms with Gasteiger partial charge in [0, 0.05) is 19.8 Å². The van der Waals surface area contributed by atoms with Crippen molar-refractivity contribution in [2.24, 2.45) is 0 Å². The van der Waals surface area contributed by atoms with E-state index in [1.807, 2.05) is 19.1 Å². The van der Waals surface area contributed by atoms with Gasteiger partial charge in [0.1, 0.15) is 0 Å². The van der Waals surface area contributed by atoms with E-state index in [1.165, 1.54) is 5.56 Å². The Hall–Kier alpha value is -1.22. The maximum Gasteiger partial charge on any atom is 0.0576 e. The first-order valence-corrected chi connectivity index (χ1v) is 5.25. The van der Waals surface area contributed by atoms with E-state index >= 15 is 0 Å². The van der Waals surface area contributed by atoms with Gasteiger partial charge in [0.15, 0.2) is 0 Å². The summed E-state index contributed by atoms with van der Waals surface area (Å²) in [5.41, 5.74) is 8.90. The second-order valence-corrected chi connectivity index (χ2v) is 3.92. The Labute approximate surface area is 91.6 Å². The molecule has 0 aliphatic carbocycles. The normalized spacial score (nSPS) is 12.5. The van der Waals surface area contributed by atoms with E-state index in [0.29, 0.717) is 6.04 Å². The van der Waals surface area contributed by atoms with Crippen LogP contribution in [0, 0.1) is 6.92 Å². The lowest BCUT2D eigenvalue weighted by molar-refractivity contribution is 0.191. The summed E-state index contributed by atoms with van der Waals surface area (Å²) in [5, 5.41) is 3.37. The van der Waals surface area contributed by atoms with Crippen molar-refractivity contribution >= 4 is 11.4 Å². The average Bonchev–Trinajstić information content (AvgIpc) is 2.19. The van der Waals surface area contributed by atoms with Gasteiger partial charge in [-0.3, -0.25) is 0 Å². The number of hydrogen-bond acceptors (Lipinski definition) is 3. The predicted molar refractivity (Wildman–Crippen MR) is 65.2 cm³/mol. The van der Waals surface area contributed by atoms with E-state index in [4.69, 9.17) is 10.5 Å².